The van der Waals surface area contributed by atoms with E-state index in [0.29, 0.717) is 6.61 Å². The summed E-state index contributed by atoms with van der Waals surface area (Å²) in [5.41, 5.74) is -1.26. The van der Waals surface area contributed by atoms with E-state index in [4.69, 9.17) is 5.26 Å². The number of nitrogens with zero attached hydrogens (tertiary/aromatic N) is 1. The number of rotatable bonds is 4. The molecule has 0 aromatic heterocycles. The van der Waals surface area contributed by atoms with Crippen molar-refractivity contribution in [3.63, 3.8) is 0 Å². The fraction of sp³-hybridized carbons (Fsp3) is 0.750. The molecule has 0 aliphatic heterocycles. The summed E-state index contributed by atoms with van der Waals surface area (Å²) >= 11 is 0. The van der Waals surface area contributed by atoms with Crippen LogP contribution < -0.4 is 0 Å². The minimum Gasteiger partial charge on any atom is -0.466 e. The van der Waals surface area contributed by atoms with Gasteiger partial charge in [-0.3, -0.25) is 4.79 Å². The molecule has 0 radical (unpaired) electrons. The van der Waals surface area contributed by atoms with Gasteiger partial charge >= 0.3 is 5.97 Å². The van der Waals surface area contributed by atoms with Crippen LogP contribution in [0.2, 0.25) is 0 Å². The Kier molecular flexibility index (Phi) is 4.30. The molecule has 0 spiro atoms. The van der Waals surface area contributed by atoms with E-state index in [1.807, 2.05) is 0 Å². The number of ether oxygens (including phenoxy) is 1. The van der Waals surface area contributed by atoms with Gasteiger partial charge in [0, 0.05) is 0 Å². The SMILES string of the molecule is CCOC(=O)C[C@@](C)(O)CC#N. The van der Waals surface area contributed by atoms with E-state index in [-0.39, 0.29) is 12.8 Å². The molecule has 0 unspecified atom stereocenters. The summed E-state index contributed by atoms with van der Waals surface area (Å²) in [6.07, 6.45) is -0.194. The third-order valence-corrected chi connectivity index (χ3v) is 1.29. The molecule has 0 heterocycles. The van der Waals surface area contributed by atoms with Gasteiger partial charge < -0.3 is 9.84 Å². The van der Waals surface area contributed by atoms with Crippen molar-refractivity contribution in [1.82, 2.24) is 0 Å². The van der Waals surface area contributed by atoms with Gasteiger partial charge in [0.2, 0.25) is 0 Å². The summed E-state index contributed by atoms with van der Waals surface area (Å²) in [7, 11) is 0. The van der Waals surface area contributed by atoms with Gasteiger partial charge in [-0.05, 0) is 13.8 Å². The number of aliphatic hydroxyl groups is 1. The lowest BCUT2D eigenvalue weighted by Gasteiger charge is -2.17. The van der Waals surface area contributed by atoms with Crippen molar-refractivity contribution in [2.24, 2.45) is 0 Å². The highest BCUT2D eigenvalue weighted by atomic mass is 16.5. The first kappa shape index (κ1) is 10.9. The minimum atomic E-state index is -1.26. The quantitative estimate of drug-likeness (QED) is 0.629. The maximum Gasteiger partial charge on any atom is 0.308 e. The van der Waals surface area contributed by atoms with Crippen LogP contribution in [0.5, 0.6) is 0 Å². The molecule has 68 valence electrons. The Balaban J connectivity index is 3.89. The molecule has 0 aromatic carbocycles. The highest BCUT2D eigenvalue weighted by Gasteiger charge is 2.24. The molecular formula is C8H13NO3. The van der Waals surface area contributed by atoms with Gasteiger partial charge in [-0.15, -0.1) is 0 Å². The second kappa shape index (κ2) is 4.73. The first-order valence-corrected chi connectivity index (χ1v) is 3.77. The van der Waals surface area contributed by atoms with Crippen molar-refractivity contribution >= 4 is 5.97 Å². The topological polar surface area (TPSA) is 70.3 Å². The van der Waals surface area contributed by atoms with Gasteiger partial charge in [0.1, 0.15) is 0 Å². The van der Waals surface area contributed by atoms with Crippen LogP contribution in [0.15, 0.2) is 0 Å². The maximum atomic E-state index is 10.8. The number of hydrogen-bond acceptors (Lipinski definition) is 4. The fourth-order valence-corrected chi connectivity index (χ4v) is 0.756. The zero-order valence-corrected chi connectivity index (χ0v) is 7.33. The van der Waals surface area contributed by atoms with Gasteiger partial charge in [-0.2, -0.15) is 5.26 Å². The normalized spacial score (nSPS) is 14.5. The van der Waals surface area contributed by atoms with E-state index in [1.54, 1.807) is 13.0 Å². The molecule has 1 atom stereocenters. The molecule has 0 aliphatic carbocycles. The molecule has 4 nitrogen and oxygen atoms in total. The lowest BCUT2D eigenvalue weighted by atomic mass is 9.99. The van der Waals surface area contributed by atoms with Crippen molar-refractivity contribution in [3.05, 3.63) is 0 Å². The molecule has 0 amide bonds. The van der Waals surface area contributed by atoms with Crippen LogP contribution in [0.1, 0.15) is 26.7 Å². The van der Waals surface area contributed by atoms with Gasteiger partial charge in [-0.25, -0.2) is 0 Å². The van der Waals surface area contributed by atoms with Crippen molar-refractivity contribution < 1.29 is 14.6 Å². The Morgan fingerprint density at radius 1 is 1.75 bits per heavy atom. The van der Waals surface area contributed by atoms with Crippen molar-refractivity contribution in [2.45, 2.75) is 32.3 Å². The fourth-order valence-electron chi connectivity index (χ4n) is 0.756. The maximum absolute atomic E-state index is 10.8. The number of nitriles is 1. The van der Waals surface area contributed by atoms with E-state index in [1.165, 1.54) is 6.92 Å². The predicted octanol–water partition coefficient (Wildman–Crippen LogP) is 0.604. The average molecular weight is 171 g/mol. The summed E-state index contributed by atoms with van der Waals surface area (Å²) in [4.78, 5) is 10.8. The molecule has 0 bridgehead atoms. The van der Waals surface area contributed by atoms with E-state index >= 15 is 0 Å². The van der Waals surface area contributed by atoms with Crippen LogP contribution in [0, 0.1) is 11.3 Å². The first-order valence-electron chi connectivity index (χ1n) is 3.77. The monoisotopic (exact) mass is 171 g/mol. The molecule has 0 saturated carbocycles. The molecular weight excluding hydrogens is 158 g/mol. The van der Waals surface area contributed by atoms with Crippen molar-refractivity contribution in [3.8, 4) is 6.07 Å². The summed E-state index contributed by atoms with van der Waals surface area (Å²) in [5.74, 6) is -0.474. The summed E-state index contributed by atoms with van der Waals surface area (Å²) < 4.78 is 4.62. The Morgan fingerprint density at radius 2 is 2.33 bits per heavy atom. The highest BCUT2D eigenvalue weighted by molar-refractivity contribution is 5.70. The third-order valence-electron chi connectivity index (χ3n) is 1.29. The second-order valence-electron chi connectivity index (χ2n) is 2.81. The Morgan fingerprint density at radius 3 is 2.75 bits per heavy atom. The molecule has 0 rings (SSSR count). The van der Waals surface area contributed by atoms with Crippen LogP contribution in [0.25, 0.3) is 0 Å². The van der Waals surface area contributed by atoms with E-state index in [0.717, 1.165) is 0 Å². The smallest absolute Gasteiger partial charge is 0.308 e. The molecule has 1 N–H and O–H groups in total. The van der Waals surface area contributed by atoms with E-state index in [2.05, 4.69) is 4.74 Å². The average Bonchev–Trinajstić information content (AvgIpc) is 1.85. The molecule has 0 fully saturated rings. The molecule has 0 saturated heterocycles. The lowest BCUT2D eigenvalue weighted by molar-refractivity contribution is -0.147. The van der Waals surface area contributed by atoms with Crippen molar-refractivity contribution in [2.75, 3.05) is 6.61 Å². The summed E-state index contributed by atoms with van der Waals surface area (Å²) in [6.45, 7) is 3.42. The first-order chi connectivity index (χ1) is 5.52. The summed E-state index contributed by atoms with van der Waals surface area (Å²) in [5, 5.41) is 17.7. The van der Waals surface area contributed by atoms with Gasteiger partial charge in [0.15, 0.2) is 0 Å². The molecule has 0 aromatic rings. The van der Waals surface area contributed by atoms with Gasteiger partial charge in [0.25, 0.3) is 0 Å². The standard InChI is InChI=1S/C8H13NO3/c1-3-12-7(10)6-8(2,11)4-5-9/h11H,3-4,6H2,1-2H3/t8-/m0/s1. The van der Waals surface area contributed by atoms with E-state index < -0.39 is 11.6 Å². The largest absolute Gasteiger partial charge is 0.466 e. The molecule has 4 heteroatoms. The van der Waals surface area contributed by atoms with Gasteiger partial charge in [0.05, 0.1) is 31.1 Å². The van der Waals surface area contributed by atoms with Crippen molar-refractivity contribution in [1.29, 1.82) is 5.26 Å². The molecule has 0 aliphatic rings. The zero-order valence-electron chi connectivity index (χ0n) is 7.33. The number of esters is 1. The Hall–Kier alpha value is -1.08. The van der Waals surface area contributed by atoms with E-state index in [9.17, 15) is 9.90 Å². The van der Waals surface area contributed by atoms with Crippen LogP contribution >= 0.6 is 0 Å². The van der Waals surface area contributed by atoms with Crippen LogP contribution in [0.4, 0.5) is 0 Å². The predicted molar refractivity (Wildman–Crippen MR) is 42.1 cm³/mol. The number of carbonyl (C=O) groups excluding carboxylic acids is 1. The zero-order chi connectivity index (χ0) is 9.61. The van der Waals surface area contributed by atoms with Crippen LogP contribution in [-0.2, 0) is 9.53 Å². The minimum absolute atomic E-state index is 0.0637. The number of carbonyl (C=O) groups is 1. The van der Waals surface area contributed by atoms with Gasteiger partial charge in [-0.1, -0.05) is 0 Å². The third kappa shape index (κ3) is 4.69. The van der Waals surface area contributed by atoms with Crippen LogP contribution in [0.3, 0.4) is 0 Å². The van der Waals surface area contributed by atoms with Crippen LogP contribution in [-0.4, -0.2) is 23.3 Å². The Bertz CT molecular complexity index is 193. The highest BCUT2D eigenvalue weighted by Crippen LogP contribution is 2.13. The second-order valence-corrected chi connectivity index (χ2v) is 2.81. The molecule has 12 heavy (non-hydrogen) atoms. The Labute approximate surface area is 71.8 Å². The lowest BCUT2D eigenvalue weighted by Crippen LogP contribution is -2.28. The number of hydrogen-bond donors (Lipinski definition) is 1. The summed E-state index contributed by atoms with van der Waals surface area (Å²) in [6, 6.07) is 1.80.